The predicted octanol–water partition coefficient (Wildman–Crippen LogP) is 5.72. The number of hydrogen-bond acceptors (Lipinski definition) is 0. The number of benzene rings is 3. The molecule has 119 valence electrons. The van der Waals surface area contributed by atoms with Gasteiger partial charge in [-0.2, -0.15) is 109 Å². The van der Waals surface area contributed by atoms with E-state index in [2.05, 4.69) is 18.2 Å². The predicted molar refractivity (Wildman–Crippen MR) is 97.6 cm³/mol. The fourth-order valence-electron chi connectivity index (χ4n) is 1.03. The van der Waals surface area contributed by atoms with Crippen molar-refractivity contribution >= 4 is 37.2 Å². The van der Waals surface area contributed by atoms with Gasteiger partial charge in [0.15, 0.2) is 0 Å². The molecule has 0 aliphatic rings. The smallest absolute Gasteiger partial charge is 0.184 e. The first-order valence-electron chi connectivity index (χ1n) is 5.73. The Kier molecular flexibility index (Phi) is 33.3. The molecule has 0 saturated carbocycles. The quantitative estimate of drug-likeness (QED) is 0.309. The summed E-state index contributed by atoms with van der Waals surface area (Å²) in [6.45, 7) is 0. The van der Waals surface area contributed by atoms with Gasteiger partial charge in [0.1, 0.15) is 0 Å². The second kappa shape index (κ2) is 25.1. The van der Waals surface area contributed by atoms with E-state index in [1.807, 2.05) is 91.0 Å². The summed E-state index contributed by atoms with van der Waals surface area (Å²) < 4.78 is 0. The first-order valence-corrected chi connectivity index (χ1v) is 5.73. The van der Waals surface area contributed by atoms with Gasteiger partial charge in [0.05, 0.1) is 0 Å². The van der Waals surface area contributed by atoms with Crippen molar-refractivity contribution in [1.82, 2.24) is 0 Å². The zero-order valence-electron chi connectivity index (χ0n) is 11.7. The van der Waals surface area contributed by atoms with Gasteiger partial charge in [-0.1, -0.05) is 0 Å². The molecule has 22 heavy (non-hydrogen) atoms. The Morgan fingerprint density at radius 1 is 0.318 bits per heavy atom. The van der Waals surface area contributed by atoms with E-state index in [1.54, 1.807) is 0 Å². The Bertz CT molecular complexity index is 309. The molecule has 0 bridgehead atoms. The molecule has 0 fully saturated rings. The first-order chi connectivity index (χ1) is 9.00. The van der Waals surface area contributed by atoms with Crippen LogP contribution in [0.5, 0.6) is 0 Å². The van der Waals surface area contributed by atoms with Crippen LogP contribution in [0.15, 0.2) is 91.0 Å². The van der Waals surface area contributed by atoms with E-state index in [4.69, 9.17) is 0 Å². The molecule has 0 atom stereocenters. The molecule has 0 aliphatic heterocycles. The summed E-state index contributed by atoms with van der Waals surface area (Å²) in [6.07, 6.45) is 0. The van der Waals surface area contributed by atoms with Crippen molar-refractivity contribution in [3.05, 3.63) is 109 Å². The van der Waals surface area contributed by atoms with Crippen LogP contribution in [0.3, 0.4) is 0 Å². The zero-order chi connectivity index (χ0) is 12.7. The number of halogens is 3. The van der Waals surface area contributed by atoms with Gasteiger partial charge in [-0.3, -0.25) is 0 Å². The maximum Gasteiger partial charge on any atom is 3.00 e. The van der Waals surface area contributed by atoms with Crippen LogP contribution >= 0.6 is 37.2 Å². The van der Waals surface area contributed by atoms with Crippen LogP contribution in [0.2, 0.25) is 0 Å². The SMILES string of the molecule is Cl.Cl.Cl.[Ru+3].[c-]1ccccc1.[c-]1ccccc1.[c-]1ccccc1. The largest absolute Gasteiger partial charge is 3.00 e. The second-order valence-electron chi connectivity index (χ2n) is 3.23. The Hall–Kier alpha value is -0.847. The minimum Gasteiger partial charge on any atom is -0.184 e. The molecule has 3 rings (SSSR count). The topological polar surface area (TPSA) is 0 Å². The van der Waals surface area contributed by atoms with Crippen molar-refractivity contribution in [2.75, 3.05) is 0 Å². The summed E-state index contributed by atoms with van der Waals surface area (Å²) in [4.78, 5) is 0. The van der Waals surface area contributed by atoms with Crippen LogP contribution in [0.4, 0.5) is 0 Å². The number of hydrogen-bond donors (Lipinski definition) is 0. The molecule has 0 aliphatic carbocycles. The average molecular weight is 442 g/mol. The molecule has 3 aromatic carbocycles. The van der Waals surface area contributed by atoms with Crippen LogP contribution in [0.1, 0.15) is 0 Å². The molecule has 0 N–H and O–H groups in total. The molecule has 0 amide bonds. The molecule has 4 heteroatoms. The second-order valence-corrected chi connectivity index (χ2v) is 3.23. The van der Waals surface area contributed by atoms with E-state index in [0.717, 1.165) is 0 Å². The maximum atomic E-state index is 2.89. The van der Waals surface area contributed by atoms with E-state index < -0.39 is 0 Å². The third kappa shape index (κ3) is 21.5. The third-order valence-electron chi connectivity index (χ3n) is 1.82. The Balaban J connectivity index is -0.000000101. The molecule has 3 aromatic rings. The van der Waals surface area contributed by atoms with Crippen molar-refractivity contribution in [2.24, 2.45) is 0 Å². The molecule has 0 aromatic heterocycles. The van der Waals surface area contributed by atoms with Gasteiger partial charge in [-0.05, 0) is 0 Å². The maximum absolute atomic E-state index is 2.89. The summed E-state index contributed by atoms with van der Waals surface area (Å²) in [6, 6.07) is 37.5. The monoisotopic (exact) mass is 441 g/mol. The fourth-order valence-corrected chi connectivity index (χ4v) is 1.03. The van der Waals surface area contributed by atoms with E-state index in [-0.39, 0.29) is 56.7 Å². The third-order valence-corrected chi connectivity index (χ3v) is 1.82. The van der Waals surface area contributed by atoms with Gasteiger partial charge in [0.25, 0.3) is 0 Å². The van der Waals surface area contributed by atoms with Gasteiger partial charge in [-0.25, -0.2) is 0 Å². The molecular formula is C18H18Cl3Ru. The fraction of sp³-hybridized carbons (Fsp3) is 0. The summed E-state index contributed by atoms with van der Waals surface area (Å²) in [7, 11) is 0. The van der Waals surface area contributed by atoms with Crippen LogP contribution in [0.25, 0.3) is 0 Å². The summed E-state index contributed by atoms with van der Waals surface area (Å²) in [5, 5.41) is 0. The van der Waals surface area contributed by atoms with Crippen molar-refractivity contribution in [3.8, 4) is 0 Å². The van der Waals surface area contributed by atoms with E-state index in [1.165, 1.54) is 0 Å². The Labute approximate surface area is 165 Å². The summed E-state index contributed by atoms with van der Waals surface area (Å²) >= 11 is 0. The minimum atomic E-state index is 0. The van der Waals surface area contributed by atoms with Gasteiger partial charge >= 0.3 is 19.5 Å². The average Bonchev–Trinajstić information content (AvgIpc) is 2.54. The van der Waals surface area contributed by atoms with E-state index in [0.29, 0.717) is 0 Å². The van der Waals surface area contributed by atoms with Crippen LogP contribution in [-0.4, -0.2) is 0 Å². The van der Waals surface area contributed by atoms with Crippen molar-refractivity contribution in [1.29, 1.82) is 0 Å². The molecule has 0 nitrogen and oxygen atoms in total. The molecule has 0 heterocycles. The van der Waals surface area contributed by atoms with E-state index >= 15 is 0 Å². The van der Waals surface area contributed by atoms with Crippen molar-refractivity contribution < 1.29 is 19.5 Å². The molecule has 0 spiro atoms. The van der Waals surface area contributed by atoms with Crippen molar-refractivity contribution in [2.45, 2.75) is 0 Å². The minimum absolute atomic E-state index is 0. The molecule has 0 unspecified atom stereocenters. The van der Waals surface area contributed by atoms with Crippen LogP contribution in [0, 0.1) is 18.2 Å². The summed E-state index contributed by atoms with van der Waals surface area (Å²) in [5.41, 5.74) is 0. The van der Waals surface area contributed by atoms with Gasteiger partial charge < -0.3 is 0 Å². The molecule has 1 radical (unpaired) electrons. The standard InChI is InChI=1S/3C6H5.3ClH.Ru/c3*1-2-4-6-5-3-1;;;;/h3*1-5H;3*1H;/q3*-1;;;;+3. The summed E-state index contributed by atoms with van der Waals surface area (Å²) in [5.74, 6) is 0. The van der Waals surface area contributed by atoms with Crippen LogP contribution < -0.4 is 0 Å². The van der Waals surface area contributed by atoms with Crippen molar-refractivity contribution in [3.63, 3.8) is 0 Å². The van der Waals surface area contributed by atoms with Gasteiger partial charge in [-0.15, -0.1) is 37.2 Å². The van der Waals surface area contributed by atoms with Gasteiger partial charge in [0, 0.05) is 0 Å². The van der Waals surface area contributed by atoms with E-state index in [9.17, 15) is 0 Å². The number of rotatable bonds is 0. The van der Waals surface area contributed by atoms with Gasteiger partial charge in [0.2, 0.25) is 0 Å². The first kappa shape index (κ1) is 29.2. The van der Waals surface area contributed by atoms with Crippen LogP contribution in [-0.2, 0) is 19.5 Å². The Morgan fingerprint density at radius 3 is 0.545 bits per heavy atom. The normalized spacial score (nSPS) is 6.55. The zero-order valence-corrected chi connectivity index (χ0v) is 15.9. The molecule has 0 saturated heterocycles. The Morgan fingerprint density at radius 2 is 0.500 bits per heavy atom. The molecular weight excluding hydrogens is 424 g/mol.